The van der Waals surface area contributed by atoms with Crippen molar-refractivity contribution in [3.63, 3.8) is 0 Å². The summed E-state index contributed by atoms with van der Waals surface area (Å²) in [6.07, 6.45) is 0. The van der Waals surface area contributed by atoms with Crippen LogP contribution in [0.4, 0.5) is 0 Å². The van der Waals surface area contributed by atoms with Crippen molar-refractivity contribution in [2.75, 3.05) is 39.8 Å². The summed E-state index contributed by atoms with van der Waals surface area (Å²) >= 11 is 6.23. The monoisotopic (exact) mass is 451 g/mol. The molecule has 0 aliphatic carbocycles. The number of likely N-dealkylation sites (N-methyl/N-ethyl adjacent to an activating group) is 1. The maximum Gasteiger partial charge on any atom is 0.260 e. The highest BCUT2D eigenvalue weighted by molar-refractivity contribution is 7.89. The Balaban J connectivity index is 1.62. The third-order valence-electron chi connectivity index (χ3n) is 5.05. The van der Waals surface area contributed by atoms with Crippen LogP contribution in [-0.4, -0.2) is 64.0 Å². The van der Waals surface area contributed by atoms with Crippen LogP contribution in [0.2, 0.25) is 5.02 Å². The van der Waals surface area contributed by atoms with Crippen LogP contribution in [0, 0.1) is 0 Å². The number of halogens is 1. The molecule has 1 heterocycles. The largest absolute Gasteiger partial charge is 0.482 e. The zero-order valence-corrected chi connectivity index (χ0v) is 18.6. The second-order valence-electron chi connectivity index (χ2n) is 7.32. The summed E-state index contributed by atoms with van der Waals surface area (Å²) < 4.78 is 33.6. The topological polar surface area (TPSA) is 78.9 Å². The first-order chi connectivity index (χ1) is 14.3. The number of piperazine rings is 1. The molecule has 1 aliphatic heterocycles. The maximum absolute atomic E-state index is 12.7. The molecule has 9 heteroatoms. The van der Waals surface area contributed by atoms with Crippen molar-refractivity contribution in [1.82, 2.24) is 14.5 Å². The van der Waals surface area contributed by atoms with Crippen LogP contribution in [0.1, 0.15) is 18.5 Å². The van der Waals surface area contributed by atoms with Gasteiger partial charge in [0.1, 0.15) is 5.75 Å². The van der Waals surface area contributed by atoms with Crippen LogP contribution in [0.5, 0.6) is 5.75 Å². The first kappa shape index (κ1) is 22.6. The first-order valence-corrected chi connectivity index (χ1v) is 11.6. The molecule has 1 aliphatic rings. The fourth-order valence-electron chi connectivity index (χ4n) is 3.16. The molecule has 3 rings (SSSR count). The van der Waals surface area contributed by atoms with Crippen molar-refractivity contribution in [2.45, 2.75) is 17.9 Å². The average molecular weight is 452 g/mol. The Labute approximate surface area is 182 Å². The maximum atomic E-state index is 12.7. The van der Waals surface area contributed by atoms with Gasteiger partial charge in [-0.1, -0.05) is 41.9 Å². The van der Waals surface area contributed by atoms with Gasteiger partial charge in [-0.15, -0.1) is 0 Å². The summed E-state index contributed by atoms with van der Waals surface area (Å²) in [5.74, 6) is 0.156. The molecule has 1 atom stereocenters. The van der Waals surface area contributed by atoms with Crippen LogP contribution < -0.4 is 9.46 Å². The molecule has 0 bridgehead atoms. The molecule has 0 unspecified atom stereocenters. The summed E-state index contributed by atoms with van der Waals surface area (Å²) in [5.41, 5.74) is 0.856. The van der Waals surface area contributed by atoms with Crippen molar-refractivity contribution in [1.29, 1.82) is 0 Å². The molecule has 1 fully saturated rings. The van der Waals surface area contributed by atoms with Crippen molar-refractivity contribution < 1.29 is 17.9 Å². The lowest BCUT2D eigenvalue weighted by molar-refractivity contribution is -0.134. The first-order valence-electron chi connectivity index (χ1n) is 9.72. The SMILES string of the molecule is C[C@H](NS(=O)(=O)c1ccc(OCC(=O)N2CCN(C)CC2)c(Cl)c1)c1ccccc1. The quantitative estimate of drug-likeness (QED) is 0.699. The van der Waals surface area contributed by atoms with E-state index in [0.717, 1.165) is 18.7 Å². The number of hydrogen-bond donors (Lipinski definition) is 1. The van der Waals surface area contributed by atoms with E-state index in [-0.39, 0.29) is 28.2 Å². The molecule has 0 aromatic heterocycles. The van der Waals surface area contributed by atoms with E-state index in [1.807, 2.05) is 37.4 Å². The number of nitrogens with one attached hydrogen (secondary N) is 1. The van der Waals surface area contributed by atoms with Crippen molar-refractivity contribution in [3.8, 4) is 5.75 Å². The van der Waals surface area contributed by atoms with E-state index >= 15 is 0 Å². The van der Waals surface area contributed by atoms with Crippen LogP contribution >= 0.6 is 11.6 Å². The van der Waals surface area contributed by atoms with Crippen LogP contribution in [0.3, 0.4) is 0 Å². The van der Waals surface area contributed by atoms with Crippen molar-refractivity contribution >= 4 is 27.5 Å². The Bertz CT molecular complexity index is 977. The summed E-state index contributed by atoms with van der Waals surface area (Å²) in [7, 11) is -1.75. The Kier molecular flexibility index (Phi) is 7.36. The van der Waals surface area contributed by atoms with Gasteiger partial charge < -0.3 is 14.5 Å². The number of sulfonamides is 1. The van der Waals surface area contributed by atoms with Gasteiger partial charge in [0.25, 0.3) is 5.91 Å². The molecule has 1 N–H and O–H groups in total. The van der Waals surface area contributed by atoms with E-state index in [1.165, 1.54) is 18.2 Å². The lowest BCUT2D eigenvalue weighted by Gasteiger charge is -2.32. The summed E-state index contributed by atoms with van der Waals surface area (Å²) in [6.45, 7) is 4.61. The second kappa shape index (κ2) is 9.78. The minimum Gasteiger partial charge on any atom is -0.482 e. The molecular weight excluding hydrogens is 426 g/mol. The van der Waals surface area contributed by atoms with E-state index < -0.39 is 16.1 Å². The minimum absolute atomic E-state index is 0.0352. The number of carbonyl (C=O) groups excluding carboxylic acids is 1. The zero-order chi connectivity index (χ0) is 21.7. The molecule has 0 spiro atoms. The molecular formula is C21H26ClN3O4S. The minimum atomic E-state index is -3.77. The molecule has 2 aromatic carbocycles. The molecule has 1 saturated heterocycles. The highest BCUT2D eigenvalue weighted by Crippen LogP contribution is 2.28. The van der Waals surface area contributed by atoms with Gasteiger partial charge in [0.15, 0.2) is 6.61 Å². The van der Waals surface area contributed by atoms with Gasteiger partial charge in [-0.25, -0.2) is 13.1 Å². The Morgan fingerprint density at radius 3 is 2.43 bits per heavy atom. The third-order valence-corrected chi connectivity index (χ3v) is 6.89. The number of carbonyl (C=O) groups is 1. The van der Waals surface area contributed by atoms with E-state index in [0.29, 0.717) is 13.1 Å². The zero-order valence-electron chi connectivity index (χ0n) is 17.0. The average Bonchev–Trinajstić information content (AvgIpc) is 2.73. The lowest BCUT2D eigenvalue weighted by Crippen LogP contribution is -2.48. The highest BCUT2D eigenvalue weighted by Gasteiger charge is 2.22. The van der Waals surface area contributed by atoms with E-state index in [1.54, 1.807) is 11.8 Å². The van der Waals surface area contributed by atoms with Crippen molar-refractivity contribution in [3.05, 3.63) is 59.1 Å². The number of nitrogens with zero attached hydrogens (tertiary/aromatic N) is 2. The molecule has 1 amide bonds. The van der Waals surface area contributed by atoms with Crippen LogP contribution in [0.25, 0.3) is 0 Å². The standard InChI is InChI=1S/C21H26ClN3O4S/c1-16(17-6-4-3-5-7-17)23-30(27,28)18-8-9-20(19(22)14-18)29-15-21(26)25-12-10-24(2)11-13-25/h3-9,14,16,23H,10-13,15H2,1-2H3/t16-/m0/s1. The Morgan fingerprint density at radius 1 is 1.13 bits per heavy atom. The van der Waals surface area contributed by atoms with E-state index in [2.05, 4.69) is 9.62 Å². The van der Waals surface area contributed by atoms with E-state index in [4.69, 9.17) is 16.3 Å². The lowest BCUT2D eigenvalue weighted by atomic mass is 10.1. The number of amides is 1. The second-order valence-corrected chi connectivity index (χ2v) is 9.44. The fraction of sp³-hybridized carbons (Fsp3) is 0.381. The summed E-state index contributed by atoms with van der Waals surface area (Å²) in [4.78, 5) is 16.3. The number of hydrogen-bond acceptors (Lipinski definition) is 5. The number of benzene rings is 2. The molecule has 2 aromatic rings. The van der Waals surface area contributed by atoms with Gasteiger partial charge >= 0.3 is 0 Å². The molecule has 7 nitrogen and oxygen atoms in total. The van der Waals surface area contributed by atoms with E-state index in [9.17, 15) is 13.2 Å². The Hall–Kier alpha value is -2.13. The van der Waals surface area contributed by atoms with Gasteiger partial charge in [0, 0.05) is 32.2 Å². The fourth-order valence-corrected chi connectivity index (χ4v) is 4.72. The normalized spacial score (nSPS) is 16.3. The molecule has 0 radical (unpaired) electrons. The molecule has 30 heavy (non-hydrogen) atoms. The van der Waals surface area contributed by atoms with Gasteiger partial charge in [0.05, 0.1) is 9.92 Å². The predicted molar refractivity (Wildman–Crippen MR) is 116 cm³/mol. The Morgan fingerprint density at radius 2 is 1.80 bits per heavy atom. The predicted octanol–water partition coefficient (Wildman–Crippen LogP) is 2.53. The molecule has 0 saturated carbocycles. The summed E-state index contributed by atoms with van der Waals surface area (Å²) in [5, 5.41) is 0.136. The van der Waals surface area contributed by atoms with Gasteiger partial charge in [-0.05, 0) is 37.7 Å². The smallest absolute Gasteiger partial charge is 0.260 e. The molecule has 162 valence electrons. The van der Waals surface area contributed by atoms with Crippen molar-refractivity contribution in [2.24, 2.45) is 0 Å². The summed E-state index contributed by atoms with van der Waals surface area (Å²) in [6, 6.07) is 13.1. The van der Waals surface area contributed by atoms with Crippen LogP contribution in [-0.2, 0) is 14.8 Å². The number of rotatable bonds is 7. The van der Waals surface area contributed by atoms with Crippen LogP contribution in [0.15, 0.2) is 53.4 Å². The van der Waals surface area contributed by atoms with Gasteiger partial charge in [-0.3, -0.25) is 4.79 Å². The third kappa shape index (κ3) is 5.72. The van der Waals surface area contributed by atoms with Gasteiger partial charge in [0.2, 0.25) is 10.0 Å². The van der Waals surface area contributed by atoms with Gasteiger partial charge in [-0.2, -0.15) is 0 Å². The number of ether oxygens (including phenoxy) is 1. The highest BCUT2D eigenvalue weighted by atomic mass is 35.5.